The van der Waals surface area contributed by atoms with Crippen LogP contribution < -0.4 is 10.2 Å². The summed E-state index contributed by atoms with van der Waals surface area (Å²) in [5.41, 5.74) is 3.44. The van der Waals surface area contributed by atoms with Crippen molar-refractivity contribution in [2.75, 3.05) is 18.0 Å². The van der Waals surface area contributed by atoms with Gasteiger partial charge in [0.25, 0.3) is 5.91 Å². The lowest BCUT2D eigenvalue weighted by Gasteiger charge is -2.14. The largest absolute Gasteiger partial charge is 0.434 e. The summed E-state index contributed by atoms with van der Waals surface area (Å²) in [5.74, 6) is 0.413. The number of pyridine rings is 1. The number of ether oxygens (including phenoxy) is 1. The average Bonchev–Trinajstić information content (AvgIpc) is 3.18. The molecule has 8 heteroatoms. The van der Waals surface area contributed by atoms with Crippen molar-refractivity contribution in [3.63, 3.8) is 0 Å². The molecule has 8 nitrogen and oxygen atoms in total. The lowest BCUT2D eigenvalue weighted by Crippen LogP contribution is -2.37. The Bertz CT molecular complexity index is 832. The molecule has 0 saturated carbocycles. The molecule has 1 N–H and O–H groups in total. The molecule has 2 amide bonds. The maximum atomic E-state index is 12.2. The molecule has 1 atom stereocenters. The van der Waals surface area contributed by atoms with Crippen LogP contribution in [0.2, 0.25) is 0 Å². The molecule has 0 radical (unpaired) electrons. The maximum absolute atomic E-state index is 12.2. The van der Waals surface area contributed by atoms with E-state index in [1.807, 2.05) is 13.0 Å². The van der Waals surface area contributed by atoms with Crippen LogP contribution in [-0.2, 0) is 22.4 Å². The Balaban J connectivity index is 1.62. The van der Waals surface area contributed by atoms with E-state index in [1.165, 1.54) is 4.90 Å². The van der Waals surface area contributed by atoms with Gasteiger partial charge in [-0.3, -0.25) is 14.7 Å². The van der Waals surface area contributed by atoms with Gasteiger partial charge in [-0.1, -0.05) is 5.16 Å². The maximum Gasteiger partial charge on any atom is 0.415 e. The number of aryl methyl sites for hydroxylation is 2. The number of nitrogens with one attached hydrogen (secondary N) is 1. The normalized spacial score (nSPS) is 19.0. The van der Waals surface area contributed by atoms with Crippen molar-refractivity contribution < 1.29 is 18.8 Å². The molecule has 1 saturated heterocycles. The number of nitrogens with zero attached hydrogens (tertiary/aromatic N) is 3. The molecule has 0 bridgehead atoms. The Morgan fingerprint density at radius 3 is 3.04 bits per heavy atom. The number of likely N-dealkylation sites (N-methyl/N-ethyl adjacent to an activating group) is 1. The summed E-state index contributed by atoms with van der Waals surface area (Å²) in [6.07, 6.45) is 4.68. The summed E-state index contributed by atoms with van der Waals surface area (Å²) in [5, 5.41) is 6.53. The third-order valence-corrected chi connectivity index (χ3v) is 4.47. The fourth-order valence-electron chi connectivity index (χ4n) is 3.24. The van der Waals surface area contributed by atoms with Crippen LogP contribution in [0.1, 0.15) is 24.5 Å². The summed E-state index contributed by atoms with van der Waals surface area (Å²) in [7, 11) is 0. The Morgan fingerprint density at radius 1 is 1.36 bits per heavy atom. The highest BCUT2D eigenvalue weighted by atomic mass is 16.6. The van der Waals surface area contributed by atoms with Crippen molar-refractivity contribution in [3.8, 4) is 11.5 Å². The third kappa shape index (κ3) is 2.73. The minimum absolute atomic E-state index is 0.179. The highest BCUT2D eigenvalue weighted by Crippen LogP contribution is 2.33. The van der Waals surface area contributed by atoms with Crippen molar-refractivity contribution in [2.45, 2.75) is 32.3 Å². The van der Waals surface area contributed by atoms with E-state index in [0.717, 1.165) is 36.1 Å². The van der Waals surface area contributed by atoms with E-state index in [1.54, 1.807) is 12.4 Å². The van der Waals surface area contributed by atoms with Gasteiger partial charge in [-0.05, 0) is 37.8 Å². The van der Waals surface area contributed by atoms with Gasteiger partial charge < -0.3 is 14.6 Å². The number of cyclic esters (lactones) is 1. The number of aromatic nitrogens is 2. The van der Waals surface area contributed by atoms with Gasteiger partial charge in [-0.25, -0.2) is 4.79 Å². The van der Waals surface area contributed by atoms with E-state index in [-0.39, 0.29) is 12.5 Å². The molecule has 1 aliphatic carbocycles. The fourth-order valence-corrected chi connectivity index (χ4v) is 3.24. The van der Waals surface area contributed by atoms with Gasteiger partial charge in [-0.2, -0.15) is 0 Å². The fraction of sp³-hybridized carbons (Fsp3) is 0.412. The predicted molar refractivity (Wildman–Crippen MR) is 88.1 cm³/mol. The zero-order chi connectivity index (χ0) is 17.4. The number of rotatable bonds is 3. The third-order valence-electron chi connectivity index (χ3n) is 4.47. The number of fused-ring (bicyclic) bond motifs is 3. The second-order valence-electron chi connectivity index (χ2n) is 6.11. The molecular formula is C17H18N4O4. The van der Waals surface area contributed by atoms with Crippen LogP contribution >= 0.6 is 0 Å². The smallest absolute Gasteiger partial charge is 0.415 e. The minimum Gasteiger partial charge on any atom is -0.434 e. The molecule has 0 aromatic carbocycles. The van der Waals surface area contributed by atoms with E-state index in [2.05, 4.69) is 15.5 Å². The Kier molecular flexibility index (Phi) is 3.87. The van der Waals surface area contributed by atoms with Crippen LogP contribution in [0.15, 0.2) is 23.0 Å². The zero-order valence-corrected chi connectivity index (χ0v) is 13.8. The second kappa shape index (κ2) is 6.19. The highest BCUT2D eigenvalue weighted by molar-refractivity contribution is 5.95. The molecule has 4 rings (SSSR count). The van der Waals surface area contributed by atoms with E-state index >= 15 is 0 Å². The van der Waals surface area contributed by atoms with Crippen LogP contribution in [0.5, 0.6) is 0 Å². The highest BCUT2D eigenvalue weighted by Gasteiger charge is 2.37. The van der Waals surface area contributed by atoms with Crippen LogP contribution in [0.4, 0.5) is 10.5 Å². The van der Waals surface area contributed by atoms with Gasteiger partial charge in [0.1, 0.15) is 5.69 Å². The molecule has 3 heterocycles. The number of amides is 2. The van der Waals surface area contributed by atoms with Crippen molar-refractivity contribution in [1.82, 2.24) is 15.5 Å². The molecule has 1 aliphatic heterocycles. The summed E-state index contributed by atoms with van der Waals surface area (Å²) in [4.78, 5) is 30.0. The summed E-state index contributed by atoms with van der Waals surface area (Å²) < 4.78 is 10.5. The van der Waals surface area contributed by atoms with Gasteiger partial charge in [0, 0.05) is 12.1 Å². The van der Waals surface area contributed by atoms with Crippen molar-refractivity contribution in [1.29, 1.82) is 0 Å². The average molecular weight is 342 g/mol. The van der Waals surface area contributed by atoms with Gasteiger partial charge >= 0.3 is 6.09 Å². The molecule has 25 heavy (non-hydrogen) atoms. The van der Waals surface area contributed by atoms with Crippen LogP contribution in [-0.4, -0.2) is 41.3 Å². The van der Waals surface area contributed by atoms with E-state index < -0.39 is 12.2 Å². The van der Waals surface area contributed by atoms with E-state index in [0.29, 0.717) is 18.0 Å². The minimum atomic E-state index is -0.799. The number of hydrogen-bond acceptors (Lipinski definition) is 6. The van der Waals surface area contributed by atoms with Gasteiger partial charge in [0.05, 0.1) is 24.6 Å². The molecule has 2 aromatic heterocycles. The molecular weight excluding hydrogens is 324 g/mol. The summed E-state index contributed by atoms with van der Waals surface area (Å²) >= 11 is 0. The van der Waals surface area contributed by atoms with E-state index in [9.17, 15) is 9.59 Å². The zero-order valence-electron chi connectivity index (χ0n) is 13.8. The Labute approximate surface area is 144 Å². The predicted octanol–water partition coefficient (Wildman–Crippen LogP) is 1.69. The van der Waals surface area contributed by atoms with Crippen molar-refractivity contribution in [2.24, 2.45) is 0 Å². The number of carbonyl (C=O) groups excluding carboxylic acids is 2. The SMILES string of the molecule is CCNC(=O)[C@H]1CN(c2cnc3c(c2)CCCc2cnoc2-3)C(=O)O1. The van der Waals surface area contributed by atoms with Crippen molar-refractivity contribution in [3.05, 3.63) is 29.6 Å². The van der Waals surface area contributed by atoms with Crippen molar-refractivity contribution >= 4 is 17.7 Å². The molecule has 2 aromatic rings. The monoisotopic (exact) mass is 342 g/mol. The molecule has 1 fully saturated rings. The lowest BCUT2D eigenvalue weighted by molar-refractivity contribution is -0.127. The second-order valence-corrected chi connectivity index (χ2v) is 6.11. The quantitative estimate of drug-likeness (QED) is 0.911. The van der Waals surface area contributed by atoms with E-state index in [4.69, 9.17) is 9.26 Å². The van der Waals surface area contributed by atoms with Gasteiger partial charge in [-0.15, -0.1) is 0 Å². The molecule has 130 valence electrons. The molecule has 0 spiro atoms. The first kappa shape index (κ1) is 15.6. The van der Waals surface area contributed by atoms with Crippen LogP contribution in [0, 0.1) is 0 Å². The van der Waals surface area contributed by atoms with Crippen LogP contribution in [0.3, 0.4) is 0 Å². The molecule has 0 unspecified atom stereocenters. The Hall–Kier alpha value is -2.90. The topological polar surface area (TPSA) is 97.6 Å². The standard InChI is InChI=1S/C17H18N4O4/c1-2-18-16(22)13-9-21(17(23)24-13)12-6-10-4-3-5-11-7-20-25-15(11)14(10)19-8-12/h6-8,13H,2-5,9H2,1H3,(H,18,22)/t13-/m1/s1. The Morgan fingerprint density at radius 2 is 2.20 bits per heavy atom. The van der Waals surface area contributed by atoms with Gasteiger partial charge in [0.2, 0.25) is 0 Å². The van der Waals surface area contributed by atoms with Crippen LogP contribution in [0.25, 0.3) is 11.5 Å². The first-order chi connectivity index (χ1) is 12.2. The van der Waals surface area contributed by atoms with Gasteiger partial charge in [0.15, 0.2) is 11.9 Å². The summed E-state index contributed by atoms with van der Waals surface area (Å²) in [6.45, 7) is 2.49. The molecule has 2 aliphatic rings. The first-order valence-electron chi connectivity index (χ1n) is 8.36. The number of hydrogen-bond donors (Lipinski definition) is 1. The lowest BCUT2D eigenvalue weighted by atomic mass is 10.1. The summed E-state index contributed by atoms with van der Waals surface area (Å²) in [6, 6.07) is 1.92. The number of anilines is 1. The first-order valence-corrected chi connectivity index (χ1v) is 8.36. The number of carbonyl (C=O) groups is 2.